The predicted molar refractivity (Wildman–Crippen MR) is 102 cm³/mol. The molecule has 0 aliphatic carbocycles. The highest BCUT2D eigenvalue weighted by atomic mass is 79.9. The highest BCUT2D eigenvalue weighted by Crippen LogP contribution is 2.17. The Balaban J connectivity index is 1.79. The van der Waals surface area contributed by atoms with E-state index in [1.807, 2.05) is 55.5 Å². The van der Waals surface area contributed by atoms with Crippen LogP contribution in [0.15, 0.2) is 53.0 Å². The second-order valence-electron chi connectivity index (χ2n) is 5.98. The fraction of sp³-hybridized carbons (Fsp3) is 0.300. The molecule has 1 amide bonds. The molecule has 0 spiro atoms. The van der Waals surface area contributed by atoms with Crippen molar-refractivity contribution in [3.8, 4) is 5.75 Å². The van der Waals surface area contributed by atoms with Crippen LogP contribution in [0.4, 0.5) is 0 Å². The molecule has 1 N–H and O–H groups in total. The molecule has 0 saturated heterocycles. The van der Waals surface area contributed by atoms with Crippen molar-refractivity contribution in [2.45, 2.75) is 32.7 Å². The number of aryl methyl sites for hydroxylation is 1. The molecular weight excluding hydrogens is 382 g/mol. The SMILES string of the molecule is CC(=O)CCc1ccc(OCC(=O)NC(C)c2ccc(Br)cc2)cc1. The molecule has 0 aromatic heterocycles. The summed E-state index contributed by atoms with van der Waals surface area (Å²) in [5, 5.41) is 2.91. The second-order valence-corrected chi connectivity index (χ2v) is 6.89. The minimum Gasteiger partial charge on any atom is -0.484 e. The van der Waals surface area contributed by atoms with E-state index in [4.69, 9.17) is 4.74 Å². The van der Waals surface area contributed by atoms with E-state index in [9.17, 15) is 9.59 Å². The minimum atomic E-state index is -0.170. The van der Waals surface area contributed by atoms with E-state index in [1.165, 1.54) is 0 Å². The molecule has 2 rings (SSSR count). The first-order chi connectivity index (χ1) is 11.9. The summed E-state index contributed by atoms with van der Waals surface area (Å²) in [6.45, 7) is 3.49. The maximum Gasteiger partial charge on any atom is 0.258 e. The summed E-state index contributed by atoms with van der Waals surface area (Å²) in [5.74, 6) is 0.644. The first-order valence-electron chi connectivity index (χ1n) is 8.20. The standard InChI is InChI=1S/C20H22BrNO3/c1-14(23)3-4-16-5-11-19(12-6-16)25-13-20(24)22-15(2)17-7-9-18(21)10-8-17/h5-12,15H,3-4,13H2,1-2H3,(H,22,24). The predicted octanol–water partition coefficient (Wildman–Crippen LogP) is 4.23. The summed E-state index contributed by atoms with van der Waals surface area (Å²) in [5.41, 5.74) is 2.11. The van der Waals surface area contributed by atoms with Crippen molar-refractivity contribution in [1.29, 1.82) is 0 Å². The van der Waals surface area contributed by atoms with Gasteiger partial charge in [-0.05, 0) is 55.7 Å². The average molecular weight is 404 g/mol. The Labute approximate surface area is 156 Å². The molecule has 1 atom stereocenters. The van der Waals surface area contributed by atoms with Gasteiger partial charge < -0.3 is 14.8 Å². The van der Waals surface area contributed by atoms with Crippen LogP contribution < -0.4 is 10.1 Å². The molecule has 5 heteroatoms. The van der Waals surface area contributed by atoms with Crippen LogP contribution in [-0.4, -0.2) is 18.3 Å². The Morgan fingerprint density at radius 1 is 1.08 bits per heavy atom. The lowest BCUT2D eigenvalue weighted by atomic mass is 10.1. The smallest absolute Gasteiger partial charge is 0.258 e. The summed E-state index contributed by atoms with van der Waals surface area (Å²) < 4.78 is 6.52. The quantitative estimate of drug-likeness (QED) is 0.717. The lowest BCUT2D eigenvalue weighted by Gasteiger charge is -2.15. The third kappa shape index (κ3) is 6.70. The van der Waals surface area contributed by atoms with Crippen molar-refractivity contribution in [3.05, 3.63) is 64.1 Å². The van der Waals surface area contributed by atoms with Crippen molar-refractivity contribution in [1.82, 2.24) is 5.32 Å². The molecule has 132 valence electrons. The first-order valence-corrected chi connectivity index (χ1v) is 8.99. The maximum atomic E-state index is 12.0. The average Bonchev–Trinajstić information content (AvgIpc) is 2.59. The van der Waals surface area contributed by atoms with Gasteiger partial charge >= 0.3 is 0 Å². The van der Waals surface area contributed by atoms with Crippen LogP contribution in [0.25, 0.3) is 0 Å². The Kier molecular flexibility index (Phi) is 7.19. The van der Waals surface area contributed by atoms with Crippen molar-refractivity contribution >= 4 is 27.6 Å². The van der Waals surface area contributed by atoms with E-state index in [0.717, 1.165) is 22.0 Å². The number of amides is 1. The van der Waals surface area contributed by atoms with Gasteiger partial charge in [0.05, 0.1) is 6.04 Å². The van der Waals surface area contributed by atoms with Gasteiger partial charge in [-0.25, -0.2) is 0 Å². The summed E-state index contributed by atoms with van der Waals surface area (Å²) in [6, 6.07) is 15.2. The van der Waals surface area contributed by atoms with Crippen LogP contribution in [0.3, 0.4) is 0 Å². The minimum absolute atomic E-state index is 0.0341. The number of halogens is 1. The Morgan fingerprint density at radius 2 is 1.72 bits per heavy atom. The van der Waals surface area contributed by atoms with Gasteiger partial charge in [0, 0.05) is 10.9 Å². The van der Waals surface area contributed by atoms with Crippen molar-refractivity contribution in [3.63, 3.8) is 0 Å². The highest BCUT2D eigenvalue weighted by molar-refractivity contribution is 9.10. The first kappa shape index (κ1) is 19.2. The molecule has 2 aromatic carbocycles. The molecule has 0 aliphatic rings. The third-order valence-electron chi connectivity index (χ3n) is 3.81. The molecule has 0 saturated carbocycles. The lowest BCUT2D eigenvalue weighted by Crippen LogP contribution is -2.31. The molecule has 2 aromatic rings. The van der Waals surface area contributed by atoms with Crippen molar-refractivity contribution in [2.24, 2.45) is 0 Å². The van der Waals surface area contributed by atoms with Crippen LogP contribution in [-0.2, 0) is 16.0 Å². The summed E-state index contributed by atoms with van der Waals surface area (Å²) >= 11 is 3.39. The summed E-state index contributed by atoms with van der Waals surface area (Å²) in [6.07, 6.45) is 1.26. The van der Waals surface area contributed by atoms with Gasteiger partial charge in [0.2, 0.25) is 0 Å². The van der Waals surface area contributed by atoms with Crippen LogP contribution in [0.5, 0.6) is 5.75 Å². The number of ether oxygens (including phenoxy) is 1. The monoisotopic (exact) mass is 403 g/mol. The molecule has 4 nitrogen and oxygen atoms in total. The highest BCUT2D eigenvalue weighted by Gasteiger charge is 2.10. The number of carbonyl (C=O) groups is 2. The third-order valence-corrected chi connectivity index (χ3v) is 4.34. The zero-order valence-corrected chi connectivity index (χ0v) is 16.0. The van der Waals surface area contributed by atoms with Gasteiger partial charge in [0.15, 0.2) is 6.61 Å². The van der Waals surface area contributed by atoms with E-state index < -0.39 is 0 Å². The molecule has 1 unspecified atom stereocenters. The molecule has 0 fully saturated rings. The van der Waals surface area contributed by atoms with Gasteiger partial charge in [-0.2, -0.15) is 0 Å². The largest absolute Gasteiger partial charge is 0.484 e. The molecule has 0 aliphatic heterocycles. The number of hydrogen-bond donors (Lipinski definition) is 1. The van der Waals surface area contributed by atoms with E-state index in [2.05, 4.69) is 21.2 Å². The number of carbonyl (C=O) groups excluding carboxylic acids is 2. The topological polar surface area (TPSA) is 55.4 Å². The Bertz CT molecular complexity index is 711. The second kappa shape index (κ2) is 9.37. The lowest BCUT2D eigenvalue weighted by molar-refractivity contribution is -0.123. The Hall–Kier alpha value is -2.14. The molecular formula is C20H22BrNO3. The number of Topliss-reactive ketones (excluding diaryl/α,β-unsaturated/α-hetero) is 1. The normalized spacial score (nSPS) is 11.6. The van der Waals surface area contributed by atoms with Gasteiger partial charge in [-0.1, -0.05) is 40.2 Å². The van der Waals surface area contributed by atoms with Gasteiger partial charge in [-0.3, -0.25) is 4.79 Å². The number of hydrogen-bond acceptors (Lipinski definition) is 3. The zero-order chi connectivity index (χ0) is 18.2. The Morgan fingerprint density at radius 3 is 2.32 bits per heavy atom. The van der Waals surface area contributed by atoms with E-state index in [-0.39, 0.29) is 24.3 Å². The number of nitrogens with one attached hydrogen (secondary N) is 1. The molecule has 0 heterocycles. The molecule has 0 bridgehead atoms. The van der Waals surface area contributed by atoms with E-state index >= 15 is 0 Å². The van der Waals surface area contributed by atoms with Crippen LogP contribution >= 0.6 is 15.9 Å². The zero-order valence-electron chi connectivity index (χ0n) is 14.4. The van der Waals surface area contributed by atoms with Crippen LogP contribution in [0.2, 0.25) is 0 Å². The molecule has 25 heavy (non-hydrogen) atoms. The van der Waals surface area contributed by atoms with Gasteiger partial charge in [-0.15, -0.1) is 0 Å². The maximum absolute atomic E-state index is 12.0. The van der Waals surface area contributed by atoms with Gasteiger partial charge in [0.1, 0.15) is 11.5 Å². The number of rotatable bonds is 8. The van der Waals surface area contributed by atoms with Crippen LogP contribution in [0.1, 0.15) is 37.4 Å². The number of ketones is 1. The van der Waals surface area contributed by atoms with Crippen molar-refractivity contribution < 1.29 is 14.3 Å². The summed E-state index contributed by atoms with van der Waals surface area (Å²) in [4.78, 5) is 23.0. The summed E-state index contributed by atoms with van der Waals surface area (Å²) in [7, 11) is 0. The van der Waals surface area contributed by atoms with Crippen molar-refractivity contribution in [2.75, 3.05) is 6.61 Å². The van der Waals surface area contributed by atoms with E-state index in [1.54, 1.807) is 6.92 Å². The molecule has 0 radical (unpaired) electrons. The van der Waals surface area contributed by atoms with Gasteiger partial charge in [0.25, 0.3) is 5.91 Å². The van der Waals surface area contributed by atoms with E-state index in [0.29, 0.717) is 12.2 Å². The van der Waals surface area contributed by atoms with Crippen LogP contribution in [0, 0.1) is 0 Å². The number of benzene rings is 2. The fourth-order valence-electron chi connectivity index (χ4n) is 2.34. The fourth-order valence-corrected chi connectivity index (χ4v) is 2.60.